The van der Waals surface area contributed by atoms with Crippen LogP contribution < -0.4 is 5.32 Å². The molecule has 0 saturated heterocycles. The number of anilines is 1. The van der Waals surface area contributed by atoms with Gasteiger partial charge in [0.2, 0.25) is 5.89 Å². The average Bonchev–Trinajstić information content (AvgIpc) is 2.94. The molecule has 1 aromatic carbocycles. The molecular weight excluding hydrogens is 349 g/mol. The van der Waals surface area contributed by atoms with Crippen molar-refractivity contribution in [1.29, 1.82) is 0 Å². The number of hydrogen-bond acceptors (Lipinski definition) is 7. The number of hydrogen-bond donors (Lipinski definition) is 1. The molecule has 0 radical (unpaired) electrons. The minimum absolute atomic E-state index is 0.128. The van der Waals surface area contributed by atoms with Crippen molar-refractivity contribution in [1.82, 2.24) is 10.2 Å². The second kappa shape index (κ2) is 8.26. The van der Waals surface area contributed by atoms with Crippen molar-refractivity contribution in [2.24, 2.45) is 0 Å². The lowest BCUT2D eigenvalue weighted by Crippen LogP contribution is -2.06. The van der Waals surface area contributed by atoms with Gasteiger partial charge in [-0.05, 0) is 25.1 Å². The van der Waals surface area contributed by atoms with Crippen LogP contribution in [-0.4, -0.2) is 28.5 Å². The fraction of sp³-hybridized carbons (Fsp3) is 0.308. The monoisotopic (exact) mass is 361 g/mol. The van der Waals surface area contributed by atoms with Gasteiger partial charge >= 0.3 is 5.97 Å². The van der Waals surface area contributed by atoms with Crippen LogP contribution in [0, 0.1) is 0 Å². The largest absolute Gasteiger partial charge is 0.465 e. The number of carbonyl (C=O) groups is 1. The number of halogens is 2. The zero-order valence-electron chi connectivity index (χ0n) is 11.6. The van der Waals surface area contributed by atoms with Crippen molar-refractivity contribution in [3.05, 3.63) is 34.1 Å². The van der Waals surface area contributed by atoms with Crippen molar-refractivity contribution < 1.29 is 13.9 Å². The molecule has 0 bridgehead atoms. The Morgan fingerprint density at radius 1 is 1.41 bits per heavy atom. The molecular formula is C13H13Cl2N3O3S. The van der Waals surface area contributed by atoms with E-state index in [1.54, 1.807) is 25.1 Å². The van der Waals surface area contributed by atoms with Gasteiger partial charge < -0.3 is 14.5 Å². The van der Waals surface area contributed by atoms with Crippen molar-refractivity contribution in [3.63, 3.8) is 0 Å². The third-order valence-corrected chi connectivity index (χ3v) is 3.78. The highest BCUT2D eigenvalue weighted by atomic mass is 35.5. The van der Waals surface area contributed by atoms with E-state index in [2.05, 4.69) is 15.5 Å². The van der Waals surface area contributed by atoms with Gasteiger partial charge in [0.25, 0.3) is 5.22 Å². The Bertz CT molecular complexity index is 651. The quantitative estimate of drug-likeness (QED) is 0.595. The number of carbonyl (C=O) groups excluding carboxylic acids is 1. The molecule has 0 unspecified atom stereocenters. The first kappa shape index (κ1) is 16.9. The Morgan fingerprint density at radius 2 is 2.23 bits per heavy atom. The van der Waals surface area contributed by atoms with Gasteiger partial charge in [0.05, 0.1) is 23.9 Å². The van der Waals surface area contributed by atoms with Gasteiger partial charge in [0.15, 0.2) is 0 Å². The predicted molar refractivity (Wildman–Crippen MR) is 85.4 cm³/mol. The zero-order valence-corrected chi connectivity index (χ0v) is 14.0. The molecule has 1 N–H and O–H groups in total. The lowest BCUT2D eigenvalue weighted by Gasteiger charge is -2.06. The summed E-state index contributed by atoms with van der Waals surface area (Å²) in [7, 11) is 0. The zero-order chi connectivity index (χ0) is 15.9. The Kier molecular flexibility index (Phi) is 6.35. The summed E-state index contributed by atoms with van der Waals surface area (Å²) in [6.45, 7) is 2.39. The van der Waals surface area contributed by atoms with Crippen LogP contribution in [0.15, 0.2) is 27.8 Å². The van der Waals surface area contributed by atoms with E-state index in [0.29, 0.717) is 40.0 Å². The summed E-state index contributed by atoms with van der Waals surface area (Å²) in [5, 5.41) is 12.2. The summed E-state index contributed by atoms with van der Waals surface area (Å²) in [6.07, 6.45) is 0. The number of rotatable bonds is 7. The van der Waals surface area contributed by atoms with Gasteiger partial charge in [-0.15, -0.1) is 10.2 Å². The van der Waals surface area contributed by atoms with Crippen LogP contribution in [0.2, 0.25) is 10.0 Å². The minimum Gasteiger partial charge on any atom is -0.465 e. The number of benzene rings is 1. The van der Waals surface area contributed by atoms with E-state index in [1.165, 1.54) is 0 Å². The summed E-state index contributed by atoms with van der Waals surface area (Å²) in [5.74, 6) is 0.182. The first-order chi connectivity index (χ1) is 10.6. The standard InChI is InChI=1S/C13H13Cl2N3O3S/c1-2-20-12(19)7-22-13-18-17-11(21-13)6-16-10-5-8(14)3-4-9(10)15/h3-5,16H,2,6-7H2,1H3. The number of ether oxygens (including phenoxy) is 1. The molecule has 22 heavy (non-hydrogen) atoms. The van der Waals surface area contributed by atoms with Gasteiger partial charge in [-0.25, -0.2) is 0 Å². The summed E-state index contributed by atoms with van der Waals surface area (Å²) >= 11 is 13.1. The predicted octanol–water partition coefficient (Wildman–Crippen LogP) is 3.64. The van der Waals surface area contributed by atoms with Crippen LogP contribution in [0.25, 0.3) is 0 Å². The van der Waals surface area contributed by atoms with E-state index < -0.39 is 0 Å². The summed E-state index contributed by atoms with van der Waals surface area (Å²) in [4.78, 5) is 11.2. The highest BCUT2D eigenvalue weighted by Gasteiger charge is 2.10. The Hall–Kier alpha value is -1.44. The summed E-state index contributed by atoms with van der Waals surface area (Å²) in [6, 6.07) is 5.10. The molecule has 0 spiro atoms. The maximum Gasteiger partial charge on any atom is 0.316 e. The lowest BCUT2D eigenvalue weighted by molar-refractivity contribution is -0.139. The number of aromatic nitrogens is 2. The Labute approximate surface area is 141 Å². The molecule has 0 aliphatic carbocycles. The Morgan fingerprint density at radius 3 is 3.00 bits per heavy atom. The molecule has 0 amide bonds. The third-order valence-electron chi connectivity index (χ3n) is 2.43. The van der Waals surface area contributed by atoms with Crippen molar-refractivity contribution in [2.45, 2.75) is 18.7 Å². The fourth-order valence-corrected chi connectivity index (χ4v) is 2.43. The maximum absolute atomic E-state index is 11.2. The van der Waals surface area contributed by atoms with E-state index in [9.17, 15) is 4.79 Å². The Balaban J connectivity index is 1.87. The van der Waals surface area contributed by atoms with Crippen LogP contribution in [0.5, 0.6) is 0 Å². The maximum atomic E-state index is 11.2. The summed E-state index contributed by atoms with van der Waals surface area (Å²) in [5.41, 5.74) is 0.674. The van der Waals surface area contributed by atoms with Crippen molar-refractivity contribution >= 4 is 46.6 Å². The number of nitrogens with one attached hydrogen (secondary N) is 1. The molecule has 2 rings (SSSR count). The molecule has 6 nitrogen and oxygen atoms in total. The minimum atomic E-state index is -0.323. The van der Waals surface area contributed by atoms with E-state index in [1.807, 2.05) is 0 Å². The van der Waals surface area contributed by atoms with Gasteiger partial charge in [-0.1, -0.05) is 35.0 Å². The molecule has 1 aromatic heterocycles. The van der Waals surface area contributed by atoms with Crippen LogP contribution in [0.1, 0.15) is 12.8 Å². The van der Waals surface area contributed by atoms with Crippen LogP contribution in [0.4, 0.5) is 5.69 Å². The van der Waals surface area contributed by atoms with Crippen molar-refractivity contribution in [3.8, 4) is 0 Å². The van der Waals surface area contributed by atoms with E-state index >= 15 is 0 Å². The average molecular weight is 362 g/mol. The van der Waals surface area contributed by atoms with Crippen LogP contribution >= 0.6 is 35.0 Å². The van der Waals surface area contributed by atoms with Gasteiger partial charge in [-0.3, -0.25) is 4.79 Å². The van der Waals surface area contributed by atoms with Gasteiger partial charge in [0, 0.05) is 5.02 Å². The molecule has 9 heteroatoms. The van der Waals surface area contributed by atoms with E-state index in [4.69, 9.17) is 32.4 Å². The molecule has 0 aliphatic rings. The number of esters is 1. The molecule has 1 heterocycles. The van der Waals surface area contributed by atoms with Gasteiger partial charge in [-0.2, -0.15) is 0 Å². The van der Waals surface area contributed by atoms with Crippen LogP contribution in [0.3, 0.4) is 0 Å². The molecule has 0 fully saturated rings. The third kappa shape index (κ3) is 5.08. The van der Waals surface area contributed by atoms with Crippen molar-refractivity contribution in [2.75, 3.05) is 17.7 Å². The number of nitrogens with zero attached hydrogens (tertiary/aromatic N) is 2. The lowest BCUT2D eigenvalue weighted by atomic mass is 10.3. The summed E-state index contributed by atoms with van der Waals surface area (Å²) < 4.78 is 10.2. The van der Waals surface area contributed by atoms with E-state index in [-0.39, 0.29) is 11.7 Å². The van der Waals surface area contributed by atoms with Gasteiger partial charge in [0.1, 0.15) is 5.75 Å². The smallest absolute Gasteiger partial charge is 0.316 e. The highest BCUT2D eigenvalue weighted by molar-refractivity contribution is 7.99. The molecule has 2 aromatic rings. The number of thioether (sulfide) groups is 1. The first-order valence-electron chi connectivity index (χ1n) is 6.38. The topological polar surface area (TPSA) is 77.2 Å². The highest BCUT2D eigenvalue weighted by Crippen LogP contribution is 2.26. The fourth-order valence-electron chi connectivity index (χ4n) is 1.50. The molecule has 0 atom stereocenters. The molecule has 0 saturated carbocycles. The normalized spacial score (nSPS) is 10.5. The first-order valence-corrected chi connectivity index (χ1v) is 8.12. The van der Waals surface area contributed by atoms with E-state index in [0.717, 1.165) is 11.8 Å². The van der Waals surface area contributed by atoms with Crippen LogP contribution in [-0.2, 0) is 16.1 Å². The molecule has 118 valence electrons. The SMILES string of the molecule is CCOC(=O)CSc1nnc(CNc2cc(Cl)ccc2Cl)o1. The molecule has 0 aliphatic heterocycles. The second-order valence-corrected chi connectivity index (χ2v) is 5.80. The second-order valence-electron chi connectivity index (χ2n) is 4.03.